The molecule has 0 bridgehead atoms. The molecule has 160 valence electrons. The Labute approximate surface area is 154 Å². The van der Waals surface area contributed by atoms with Gasteiger partial charge >= 0.3 is 5.51 Å². The van der Waals surface area contributed by atoms with Gasteiger partial charge in [0.05, 0.1) is 0 Å². The molecule has 4 nitrogen and oxygen atoms in total. The summed E-state index contributed by atoms with van der Waals surface area (Å²) in [6, 6.07) is 0. The summed E-state index contributed by atoms with van der Waals surface area (Å²) < 4.78 is 154. The lowest BCUT2D eigenvalue weighted by atomic mass is 9.91. The second-order valence-electron chi connectivity index (χ2n) is 5.99. The van der Waals surface area contributed by atoms with Crippen LogP contribution in [0.2, 0.25) is 0 Å². The van der Waals surface area contributed by atoms with E-state index >= 15 is 0 Å². The molecular formula is C14H12F8O4S2. The van der Waals surface area contributed by atoms with Gasteiger partial charge in [0.25, 0.3) is 9.84 Å². The number of allylic oxidation sites excluding steroid dienone is 5. The van der Waals surface area contributed by atoms with Crippen molar-refractivity contribution >= 4 is 19.7 Å². The maximum atomic E-state index is 14.1. The fourth-order valence-electron chi connectivity index (χ4n) is 2.81. The number of hydrogen-bond donors (Lipinski definition) is 0. The zero-order chi connectivity index (χ0) is 21.7. The van der Waals surface area contributed by atoms with Crippen LogP contribution in [0.3, 0.4) is 0 Å². The molecule has 14 heteroatoms. The van der Waals surface area contributed by atoms with Gasteiger partial charge in [-0.05, 0) is 12.0 Å². The zero-order valence-corrected chi connectivity index (χ0v) is 15.1. The Bertz CT molecular complexity index is 903. The third-order valence-corrected chi connectivity index (χ3v) is 8.89. The van der Waals surface area contributed by atoms with Gasteiger partial charge in [-0.1, -0.05) is 24.3 Å². The molecule has 28 heavy (non-hydrogen) atoms. The Morgan fingerprint density at radius 2 is 1.29 bits per heavy atom. The first-order chi connectivity index (χ1) is 12.7. The average molecular weight is 460 g/mol. The van der Waals surface area contributed by atoms with Crippen molar-refractivity contribution in [1.29, 1.82) is 0 Å². The minimum atomic E-state index is -6.71. The normalized spacial score (nSPS) is 36.4. The highest BCUT2D eigenvalue weighted by atomic mass is 32.3. The van der Waals surface area contributed by atoms with Crippen molar-refractivity contribution in [3.63, 3.8) is 0 Å². The summed E-state index contributed by atoms with van der Waals surface area (Å²) in [5, 5.41) is -3.52. The van der Waals surface area contributed by atoms with E-state index in [0.29, 0.717) is 6.08 Å². The highest BCUT2D eigenvalue weighted by Crippen LogP contribution is 2.43. The molecule has 0 aliphatic heterocycles. The highest BCUT2D eigenvalue weighted by molar-refractivity contribution is 8.15. The van der Waals surface area contributed by atoms with Gasteiger partial charge in [0.15, 0.2) is 44.9 Å². The van der Waals surface area contributed by atoms with Crippen LogP contribution in [-0.2, 0) is 19.7 Å². The SMILES string of the molecule is O=S(=O)(C(=C1C=CC=CC1)S(=O)(=O)C(F)(F)F)C1C(F)C(F)C(F)C(F)C1F. The fraction of sp³-hybridized carbons (Fsp3) is 0.571. The molecular weight excluding hydrogens is 448 g/mol. The summed E-state index contributed by atoms with van der Waals surface area (Å²) in [5.41, 5.74) is -7.20. The zero-order valence-electron chi connectivity index (χ0n) is 13.5. The third-order valence-electron chi connectivity index (χ3n) is 4.15. The van der Waals surface area contributed by atoms with Gasteiger partial charge in [0.2, 0.25) is 0 Å². The molecule has 4 atom stereocenters. The summed E-state index contributed by atoms with van der Waals surface area (Å²) in [5.74, 6) is 0. The Morgan fingerprint density at radius 1 is 0.821 bits per heavy atom. The Kier molecular flexibility index (Phi) is 6.06. The van der Waals surface area contributed by atoms with Gasteiger partial charge in [0.1, 0.15) is 5.25 Å². The molecule has 2 rings (SSSR count). The van der Waals surface area contributed by atoms with E-state index in [2.05, 4.69) is 0 Å². The van der Waals surface area contributed by atoms with E-state index in [1.165, 1.54) is 6.08 Å². The second-order valence-corrected chi connectivity index (χ2v) is 10.2. The van der Waals surface area contributed by atoms with Crippen LogP contribution in [0, 0.1) is 0 Å². The molecule has 2 aliphatic carbocycles. The summed E-state index contributed by atoms with van der Waals surface area (Å²) in [6.07, 6.45) is -14.6. The molecule has 1 fully saturated rings. The molecule has 0 amide bonds. The lowest BCUT2D eigenvalue weighted by molar-refractivity contribution is -0.0477. The lowest BCUT2D eigenvalue weighted by Gasteiger charge is -2.36. The second kappa shape index (κ2) is 7.43. The van der Waals surface area contributed by atoms with E-state index in [1.54, 1.807) is 0 Å². The summed E-state index contributed by atoms with van der Waals surface area (Å²) in [6.45, 7) is 0. The van der Waals surface area contributed by atoms with Crippen LogP contribution in [0.15, 0.2) is 34.1 Å². The maximum Gasteiger partial charge on any atom is 0.502 e. The van der Waals surface area contributed by atoms with Gasteiger partial charge in [-0.3, -0.25) is 0 Å². The first-order valence-electron chi connectivity index (χ1n) is 7.47. The van der Waals surface area contributed by atoms with E-state index in [0.717, 1.165) is 12.2 Å². The number of rotatable bonds is 3. The van der Waals surface area contributed by atoms with Gasteiger partial charge in [-0.2, -0.15) is 13.2 Å². The summed E-state index contributed by atoms with van der Waals surface area (Å²) in [7, 11) is -12.9. The van der Waals surface area contributed by atoms with Crippen molar-refractivity contribution in [3.8, 4) is 0 Å². The first-order valence-corrected chi connectivity index (χ1v) is 10.5. The number of sulfone groups is 2. The predicted octanol–water partition coefficient (Wildman–Crippen LogP) is 3.14. The van der Waals surface area contributed by atoms with Crippen LogP contribution in [0.1, 0.15) is 6.42 Å². The number of halogens is 8. The number of alkyl halides is 8. The molecule has 0 spiro atoms. The van der Waals surface area contributed by atoms with Crippen LogP contribution < -0.4 is 0 Å². The largest absolute Gasteiger partial charge is 0.502 e. The Balaban J connectivity index is 2.76. The molecule has 0 saturated heterocycles. The smallest absolute Gasteiger partial charge is 0.243 e. The van der Waals surface area contributed by atoms with Crippen molar-refractivity contribution in [2.24, 2.45) is 0 Å². The van der Waals surface area contributed by atoms with Crippen molar-refractivity contribution < 1.29 is 52.0 Å². The van der Waals surface area contributed by atoms with E-state index in [1.807, 2.05) is 0 Å². The quantitative estimate of drug-likeness (QED) is 0.607. The van der Waals surface area contributed by atoms with E-state index in [4.69, 9.17) is 0 Å². The molecule has 2 aliphatic rings. The van der Waals surface area contributed by atoms with Crippen LogP contribution in [0.4, 0.5) is 35.1 Å². The van der Waals surface area contributed by atoms with Crippen LogP contribution in [0.25, 0.3) is 0 Å². The summed E-state index contributed by atoms with van der Waals surface area (Å²) >= 11 is 0. The van der Waals surface area contributed by atoms with Crippen LogP contribution >= 0.6 is 0 Å². The third kappa shape index (κ3) is 3.60. The van der Waals surface area contributed by atoms with Crippen LogP contribution in [0.5, 0.6) is 0 Å². The Morgan fingerprint density at radius 3 is 1.68 bits per heavy atom. The molecule has 0 aromatic heterocycles. The van der Waals surface area contributed by atoms with Gasteiger partial charge < -0.3 is 0 Å². The standard InChI is InChI=1S/C14H12F8O4S2/c15-7-8(16)10(18)12(11(19)9(7)17)27(23,24)13(6-4-2-1-3-5-6)28(25,26)14(20,21)22/h1-4,7-12H,5H2. The lowest BCUT2D eigenvalue weighted by Crippen LogP contribution is -2.59. The fourth-order valence-corrected chi connectivity index (χ4v) is 7.10. The van der Waals surface area contributed by atoms with Crippen molar-refractivity contribution in [2.75, 3.05) is 0 Å². The van der Waals surface area contributed by atoms with E-state index < -0.39 is 77.5 Å². The van der Waals surface area contributed by atoms with E-state index in [9.17, 15) is 52.0 Å². The molecule has 0 N–H and O–H groups in total. The van der Waals surface area contributed by atoms with Gasteiger partial charge in [-0.25, -0.2) is 38.8 Å². The van der Waals surface area contributed by atoms with Crippen molar-refractivity contribution in [1.82, 2.24) is 0 Å². The van der Waals surface area contributed by atoms with Gasteiger partial charge in [0, 0.05) is 0 Å². The molecule has 0 radical (unpaired) electrons. The molecule has 1 saturated carbocycles. The van der Waals surface area contributed by atoms with Crippen molar-refractivity contribution in [3.05, 3.63) is 34.1 Å². The van der Waals surface area contributed by atoms with E-state index in [-0.39, 0.29) is 0 Å². The molecule has 4 unspecified atom stereocenters. The van der Waals surface area contributed by atoms with Crippen molar-refractivity contribution in [2.45, 2.75) is 48.0 Å². The molecule has 0 aromatic rings. The molecule has 0 heterocycles. The highest BCUT2D eigenvalue weighted by Gasteiger charge is 2.63. The minimum absolute atomic E-state index is 0.636. The van der Waals surface area contributed by atoms with Crippen LogP contribution in [-0.4, -0.2) is 58.5 Å². The summed E-state index contributed by atoms with van der Waals surface area (Å²) in [4.78, 5) is 0. The minimum Gasteiger partial charge on any atom is -0.243 e. The number of hydrogen-bond acceptors (Lipinski definition) is 4. The Hall–Kier alpha value is -1.44. The maximum absolute atomic E-state index is 14.1. The average Bonchev–Trinajstić information content (AvgIpc) is 2.57. The monoisotopic (exact) mass is 460 g/mol. The molecule has 0 aromatic carbocycles. The predicted molar refractivity (Wildman–Crippen MR) is 82.1 cm³/mol. The van der Waals surface area contributed by atoms with Gasteiger partial charge in [-0.15, -0.1) is 0 Å². The first kappa shape index (κ1) is 22.8. The topological polar surface area (TPSA) is 68.3 Å².